The van der Waals surface area contributed by atoms with E-state index in [0.717, 1.165) is 32.5 Å². The van der Waals surface area contributed by atoms with E-state index in [4.69, 9.17) is 0 Å². The van der Waals surface area contributed by atoms with Crippen LogP contribution in [0.3, 0.4) is 0 Å². The number of rotatable bonds is 6. The summed E-state index contributed by atoms with van der Waals surface area (Å²) in [6.45, 7) is 5.15. The molecule has 1 aromatic carbocycles. The smallest absolute Gasteiger partial charge is 0.153 e. The average Bonchev–Trinajstić information content (AvgIpc) is 3.12. The molecule has 1 aromatic rings. The second-order valence-electron chi connectivity index (χ2n) is 6.98. The van der Waals surface area contributed by atoms with Crippen LogP contribution in [0.2, 0.25) is 0 Å². The maximum absolute atomic E-state index is 12.0. The summed E-state index contributed by atoms with van der Waals surface area (Å²) in [5.74, 6) is 0.640. The van der Waals surface area contributed by atoms with E-state index in [1.807, 2.05) is 0 Å². The van der Waals surface area contributed by atoms with Crippen LogP contribution in [-0.4, -0.2) is 56.5 Å². The lowest BCUT2D eigenvalue weighted by Gasteiger charge is -2.28. The molecule has 128 valence electrons. The highest BCUT2D eigenvalue weighted by molar-refractivity contribution is 7.91. The number of sulfone groups is 1. The highest BCUT2D eigenvalue weighted by Gasteiger charge is 2.41. The number of likely N-dealkylation sites (tertiary alicyclic amines) is 1. The minimum Gasteiger partial charge on any atom is -0.311 e. The van der Waals surface area contributed by atoms with Crippen molar-refractivity contribution in [2.75, 3.05) is 31.1 Å². The first-order valence-electron chi connectivity index (χ1n) is 8.77. The van der Waals surface area contributed by atoms with Crippen LogP contribution in [0.5, 0.6) is 0 Å². The van der Waals surface area contributed by atoms with Crippen molar-refractivity contribution >= 4 is 9.84 Å². The van der Waals surface area contributed by atoms with Gasteiger partial charge in [0.1, 0.15) is 0 Å². The van der Waals surface area contributed by atoms with E-state index in [1.54, 1.807) is 0 Å². The van der Waals surface area contributed by atoms with Crippen molar-refractivity contribution in [2.45, 2.75) is 44.7 Å². The second kappa shape index (κ2) is 7.32. The van der Waals surface area contributed by atoms with Crippen LogP contribution in [0.15, 0.2) is 24.3 Å². The predicted molar refractivity (Wildman–Crippen MR) is 94.5 cm³/mol. The summed E-state index contributed by atoms with van der Waals surface area (Å²) in [5.41, 5.74) is 2.73. The van der Waals surface area contributed by atoms with Gasteiger partial charge in [0.05, 0.1) is 11.5 Å². The van der Waals surface area contributed by atoms with Crippen LogP contribution in [0.4, 0.5) is 0 Å². The van der Waals surface area contributed by atoms with Gasteiger partial charge in [0.2, 0.25) is 0 Å². The summed E-state index contributed by atoms with van der Waals surface area (Å²) < 4.78 is 24.1. The largest absolute Gasteiger partial charge is 0.311 e. The minimum absolute atomic E-state index is 0.106. The van der Waals surface area contributed by atoms with E-state index in [-0.39, 0.29) is 12.1 Å². The van der Waals surface area contributed by atoms with Crippen LogP contribution >= 0.6 is 0 Å². The molecule has 4 nitrogen and oxygen atoms in total. The van der Waals surface area contributed by atoms with Crippen molar-refractivity contribution in [1.82, 2.24) is 10.2 Å². The molecule has 2 heterocycles. The van der Waals surface area contributed by atoms with Crippen LogP contribution in [0.25, 0.3) is 0 Å². The topological polar surface area (TPSA) is 49.4 Å². The molecular formula is C18H28N2O2S. The molecule has 0 aromatic heterocycles. The summed E-state index contributed by atoms with van der Waals surface area (Å²) >= 11 is 0. The summed E-state index contributed by atoms with van der Waals surface area (Å²) in [6.07, 6.45) is 4.51. The number of nitrogens with one attached hydrogen (secondary N) is 1. The van der Waals surface area contributed by atoms with Crippen molar-refractivity contribution in [3.63, 3.8) is 0 Å². The molecule has 0 radical (unpaired) electrons. The molecular weight excluding hydrogens is 308 g/mol. The number of nitrogens with zero attached hydrogens (tertiary/aromatic N) is 1. The number of hydrogen-bond donors (Lipinski definition) is 1. The van der Waals surface area contributed by atoms with E-state index < -0.39 is 9.84 Å². The number of benzene rings is 1. The van der Waals surface area contributed by atoms with Crippen molar-refractivity contribution in [2.24, 2.45) is 0 Å². The molecule has 0 spiro atoms. The van der Waals surface area contributed by atoms with Gasteiger partial charge in [0, 0.05) is 12.1 Å². The minimum atomic E-state index is -2.88. The molecule has 1 N–H and O–H groups in total. The highest BCUT2D eigenvalue weighted by atomic mass is 32.2. The Balaban J connectivity index is 1.51. The Hall–Kier alpha value is -0.910. The fraction of sp³-hybridized carbons (Fsp3) is 0.667. The molecule has 0 aliphatic carbocycles. The Morgan fingerprint density at radius 3 is 2.65 bits per heavy atom. The van der Waals surface area contributed by atoms with E-state index in [0.29, 0.717) is 11.5 Å². The lowest BCUT2D eigenvalue weighted by Crippen LogP contribution is -2.48. The maximum Gasteiger partial charge on any atom is 0.153 e. The van der Waals surface area contributed by atoms with Crippen molar-refractivity contribution in [3.8, 4) is 0 Å². The molecule has 2 saturated heterocycles. The number of aryl methyl sites for hydroxylation is 2. The van der Waals surface area contributed by atoms with E-state index in [2.05, 4.69) is 41.4 Å². The van der Waals surface area contributed by atoms with Gasteiger partial charge < -0.3 is 5.32 Å². The van der Waals surface area contributed by atoms with Gasteiger partial charge in [0.15, 0.2) is 9.84 Å². The van der Waals surface area contributed by atoms with Gasteiger partial charge in [-0.25, -0.2) is 8.42 Å². The first-order valence-corrected chi connectivity index (χ1v) is 10.6. The lowest BCUT2D eigenvalue weighted by molar-refractivity contribution is 0.226. The molecule has 23 heavy (non-hydrogen) atoms. The molecule has 0 saturated carbocycles. The Morgan fingerprint density at radius 1 is 1.17 bits per heavy atom. The third kappa shape index (κ3) is 4.34. The molecule has 2 aliphatic rings. The van der Waals surface area contributed by atoms with Crippen LogP contribution in [0.1, 0.15) is 30.4 Å². The summed E-state index contributed by atoms with van der Waals surface area (Å²) in [4.78, 5) is 2.38. The zero-order chi connectivity index (χ0) is 16.3. The monoisotopic (exact) mass is 336 g/mol. The zero-order valence-electron chi connectivity index (χ0n) is 14.0. The first kappa shape index (κ1) is 16.9. The molecule has 2 aliphatic heterocycles. The van der Waals surface area contributed by atoms with Gasteiger partial charge in [-0.1, -0.05) is 24.3 Å². The number of hydrogen-bond acceptors (Lipinski definition) is 4. The molecule has 0 amide bonds. The van der Waals surface area contributed by atoms with Crippen LogP contribution in [-0.2, 0) is 16.3 Å². The van der Waals surface area contributed by atoms with Crippen molar-refractivity contribution in [1.29, 1.82) is 0 Å². The average molecular weight is 337 g/mol. The Labute approximate surface area is 140 Å². The fourth-order valence-corrected chi connectivity index (χ4v) is 5.90. The molecule has 2 atom stereocenters. The van der Waals surface area contributed by atoms with Crippen molar-refractivity contribution < 1.29 is 8.42 Å². The van der Waals surface area contributed by atoms with Gasteiger partial charge in [-0.05, 0) is 63.4 Å². The summed E-state index contributed by atoms with van der Waals surface area (Å²) in [5, 5.41) is 3.53. The lowest BCUT2D eigenvalue weighted by atomic mass is 10.0. The Bertz CT molecular complexity index is 624. The second-order valence-corrected chi connectivity index (χ2v) is 9.13. The molecule has 3 rings (SSSR count). The first-order chi connectivity index (χ1) is 11.1. The highest BCUT2D eigenvalue weighted by Crippen LogP contribution is 2.22. The normalized spacial score (nSPS) is 27.5. The molecule has 2 fully saturated rings. The van der Waals surface area contributed by atoms with Gasteiger partial charge in [0.25, 0.3) is 0 Å². The molecule has 5 heteroatoms. The van der Waals surface area contributed by atoms with Crippen LogP contribution < -0.4 is 5.32 Å². The standard InChI is InChI=1S/C18H28N2O2S/c1-15-7-2-3-8-16(15)9-6-10-19-17-13-23(21,22)14-18(17)20-11-4-5-12-20/h2-3,7-8,17-19H,4-6,9-14H2,1H3. The quantitative estimate of drug-likeness (QED) is 0.805. The molecule has 0 bridgehead atoms. The van der Waals surface area contributed by atoms with Crippen LogP contribution in [0, 0.1) is 6.92 Å². The van der Waals surface area contributed by atoms with Gasteiger partial charge in [-0.3, -0.25) is 4.90 Å². The third-order valence-electron chi connectivity index (χ3n) is 5.22. The zero-order valence-corrected chi connectivity index (χ0v) is 14.8. The predicted octanol–water partition coefficient (Wildman–Crippen LogP) is 1.78. The van der Waals surface area contributed by atoms with Gasteiger partial charge in [-0.15, -0.1) is 0 Å². The SMILES string of the molecule is Cc1ccccc1CCCNC1CS(=O)(=O)CC1N1CCCC1. The Morgan fingerprint density at radius 2 is 1.91 bits per heavy atom. The fourth-order valence-electron chi connectivity index (χ4n) is 3.91. The molecule has 2 unspecified atom stereocenters. The van der Waals surface area contributed by atoms with E-state index in [1.165, 1.54) is 24.0 Å². The summed E-state index contributed by atoms with van der Waals surface area (Å²) in [6, 6.07) is 8.78. The van der Waals surface area contributed by atoms with E-state index in [9.17, 15) is 8.42 Å². The van der Waals surface area contributed by atoms with E-state index >= 15 is 0 Å². The maximum atomic E-state index is 12.0. The van der Waals surface area contributed by atoms with Gasteiger partial charge >= 0.3 is 0 Å². The third-order valence-corrected chi connectivity index (χ3v) is 6.94. The van der Waals surface area contributed by atoms with Crippen molar-refractivity contribution in [3.05, 3.63) is 35.4 Å². The Kier molecular flexibility index (Phi) is 5.39. The summed E-state index contributed by atoms with van der Waals surface area (Å²) in [7, 11) is -2.88. The van der Waals surface area contributed by atoms with Gasteiger partial charge in [-0.2, -0.15) is 0 Å².